The van der Waals surface area contributed by atoms with Crippen molar-refractivity contribution in [3.05, 3.63) is 24.3 Å². The van der Waals surface area contributed by atoms with Crippen molar-refractivity contribution in [3.8, 4) is 0 Å². The van der Waals surface area contributed by atoms with E-state index in [-0.39, 0.29) is 5.16 Å². The predicted molar refractivity (Wildman–Crippen MR) is 52.1 cm³/mol. The van der Waals surface area contributed by atoms with Crippen LogP contribution in [0.4, 0.5) is 0 Å². The van der Waals surface area contributed by atoms with Gasteiger partial charge < -0.3 is 4.98 Å². The second kappa shape index (κ2) is 3.35. The first-order valence-electron chi connectivity index (χ1n) is 3.97. The second-order valence-electron chi connectivity index (χ2n) is 2.77. The molecule has 1 radical (unpaired) electrons. The van der Waals surface area contributed by atoms with Gasteiger partial charge in [0.1, 0.15) is 0 Å². The van der Waals surface area contributed by atoms with Gasteiger partial charge in [0.15, 0.2) is 0 Å². The summed E-state index contributed by atoms with van der Waals surface area (Å²) in [6.45, 7) is 0. The minimum atomic E-state index is -3.91. The number of aromatic amines is 1. The van der Waals surface area contributed by atoms with Gasteiger partial charge in [-0.25, -0.2) is 9.71 Å². The van der Waals surface area contributed by atoms with Crippen molar-refractivity contribution in [1.82, 2.24) is 14.7 Å². The van der Waals surface area contributed by atoms with Crippen molar-refractivity contribution in [1.29, 1.82) is 0 Å². The summed E-state index contributed by atoms with van der Waals surface area (Å²) in [7, 11) is -3.91. The van der Waals surface area contributed by atoms with Gasteiger partial charge in [0, 0.05) is 0 Å². The van der Waals surface area contributed by atoms with E-state index in [1.807, 2.05) is 0 Å². The van der Waals surface area contributed by atoms with Crippen LogP contribution < -0.4 is 4.72 Å². The van der Waals surface area contributed by atoms with Gasteiger partial charge in [0.25, 0.3) is 10.0 Å². The summed E-state index contributed by atoms with van der Waals surface area (Å²) >= 11 is 0. The Morgan fingerprint density at radius 2 is 2.07 bits per heavy atom. The highest BCUT2D eigenvalue weighted by atomic mass is 32.2. The van der Waals surface area contributed by atoms with Crippen LogP contribution in [0.25, 0.3) is 11.0 Å². The van der Waals surface area contributed by atoms with Crippen molar-refractivity contribution in [2.45, 2.75) is 5.16 Å². The van der Waals surface area contributed by atoms with Crippen LogP contribution in [-0.2, 0) is 14.8 Å². The lowest BCUT2D eigenvalue weighted by Gasteiger charge is -1.94. The lowest BCUT2D eigenvalue weighted by atomic mass is 10.3. The van der Waals surface area contributed by atoms with Crippen LogP contribution in [0.5, 0.6) is 0 Å². The minimum absolute atomic E-state index is 0.299. The average molecular weight is 224 g/mol. The van der Waals surface area contributed by atoms with Gasteiger partial charge in [-0.2, -0.15) is 8.42 Å². The van der Waals surface area contributed by atoms with Crippen LogP contribution in [0, 0.1) is 0 Å². The number of benzene rings is 1. The molecule has 0 saturated heterocycles. The second-order valence-corrected chi connectivity index (χ2v) is 4.36. The van der Waals surface area contributed by atoms with E-state index in [1.54, 1.807) is 29.0 Å². The number of rotatable bonds is 3. The number of fused-ring (bicyclic) bond motifs is 1. The van der Waals surface area contributed by atoms with E-state index in [9.17, 15) is 13.2 Å². The van der Waals surface area contributed by atoms with Gasteiger partial charge in [-0.15, -0.1) is 0 Å². The fourth-order valence-electron chi connectivity index (χ4n) is 1.16. The maximum atomic E-state index is 11.3. The third kappa shape index (κ3) is 1.68. The number of sulfonamides is 1. The van der Waals surface area contributed by atoms with E-state index in [1.165, 1.54) is 0 Å². The summed E-state index contributed by atoms with van der Waals surface area (Å²) < 4.78 is 24.2. The topological polar surface area (TPSA) is 91.9 Å². The molecule has 15 heavy (non-hydrogen) atoms. The maximum Gasteiger partial charge on any atom is 0.324 e. The first kappa shape index (κ1) is 9.66. The largest absolute Gasteiger partial charge is 0.327 e. The lowest BCUT2D eigenvalue weighted by Crippen LogP contribution is -2.22. The highest BCUT2D eigenvalue weighted by Crippen LogP contribution is 2.12. The molecule has 0 unspecified atom stereocenters. The molecule has 2 aromatic rings. The van der Waals surface area contributed by atoms with E-state index < -0.39 is 10.0 Å². The Hall–Kier alpha value is -1.89. The number of carbonyl (C=O) groups excluding carboxylic acids is 1. The van der Waals surface area contributed by atoms with E-state index in [0.717, 1.165) is 6.41 Å². The molecule has 77 valence electrons. The number of imidazole rings is 1. The Morgan fingerprint density at radius 1 is 1.33 bits per heavy atom. The fourth-order valence-corrected chi connectivity index (χ4v) is 1.83. The molecule has 0 spiro atoms. The number of amides is 1. The zero-order valence-corrected chi connectivity index (χ0v) is 8.21. The monoisotopic (exact) mass is 224 g/mol. The van der Waals surface area contributed by atoms with Crippen molar-refractivity contribution in [2.24, 2.45) is 0 Å². The third-order valence-electron chi connectivity index (χ3n) is 1.80. The van der Waals surface area contributed by atoms with Crippen LogP contribution in [0.15, 0.2) is 29.4 Å². The van der Waals surface area contributed by atoms with Gasteiger partial charge in [-0.3, -0.25) is 4.79 Å². The van der Waals surface area contributed by atoms with Crippen LogP contribution >= 0.6 is 0 Å². The Balaban J connectivity index is 2.58. The molecule has 0 saturated carbocycles. The summed E-state index contributed by atoms with van der Waals surface area (Å²) in [6.07, 6.45) is 1.10. The number of para-hydroxylation sites is 2. The van der Waals surface area contributed by atoms with Crippen LogP contribution in [0.2, 0.25) is 0 Å². The van der Waals surface area contributed by atoms with Crippen LogP contribution in [0.3, 0.4) is 0 Å². The van der Waals surface area contributed by atoms with Gasteiger partial charge in [-0.05, 0) is 12.1 Å². The SMILES string of the molecule is O=[C]NS(=O)(=O)c1nc2ccccc2[nH]1. The smallest absolute Gasteiger partial charge is 0.324 e. The van der Waals surface area contributed by atoms with Gasteiger partial charge in [0.05, 0.1) is 11.0 Å². The van der Waals surface area contributed by atoms with Gasteiger partial charge >= 0.3 is 6.41 Å². The number of H-pyrrole nitrogens is 1. The molecule has 0 bridgehead atoms. The summed E-state index contributed by atoms with van der Waals surface area (Å²) in [6, 6.07) is 6.83. The fraction of sp³-hybridized carbons (Fsp3) is 0. The highest BCUT2D eigenvalue weighted by molar-refractivity contribution is 7.89. The van der Waals surface area contributed by atoms with Crippen molar-refractivity contribution in [3.63, 3.8) is 0 Å². The van der Waals surface area contributed by atoms with Crippen molar-refractivity contribution >= 4 is 27.5 Å². The quantitative estimate of drug-likeness (QED) is 0.712. The molecular formula is C8H6N3O3S. The highest BCUT2D eigenvalue weighted by Gasteiger charge is 2.17. The molecular weight excluding hydrogens is 218 g/mol. The third-order valence-corrected chi connectivity index (χ3v) is 2.85. The minimum Gasteiger partial charge on any atom is -0.327 e. The number of hydrogen-bond donors (Lipinski definition) is 2. The molecule has 0 aliphatic rings. The summed E-state index contributed by atoms with van der Waals surface area (Å²) in [5.74, 6) is 0. The molecule has 1 aromatic carbocycles. The Morgan fingerprint density at radius 3 is 2.73 bits per heavy atom. The number of nitrogens with zero attached hydrogens (tertiary/aromatic N) is 1. The normalized spacial score (nSPS) is 11.5. The summed E-state index contributed by atoms with van der Waals surface area (Å²) in [5.41, 5.74) is 1.10. The Bertz CT molecular complexity index is 569. The average Bonchev–Trinajstić information content (AvgIpc) is 2.61. The van der Waals surface area contributed by atoms with Crippen molar-refractivity contribution < 1.29 is 13.2 Å². The van der Waals surface area contributed by atoms with Crippen LogP contribution in [-0.4, -0.2) is 24.8 Å². The van der Waals surface area contributed by atoms with Gasteiger partial charge in [0.2, 0.25) is 5.16 Å². The molecule has 2 rings (SSSR count). The molecule has 0 fully saturated rings. The number of hydrogen-bond acceptors (Lipinski definition) is 4. The van der Waals surface area contributed by atoms with E-state index in [2.05, 4.69) is 9.97 Å². The molecule has 0 aliphatic carbocycles. The molecule has 1 aromatic heterocycles. The summed E-state index contributed by atoms with van der Waals surface area (Å²) in [5, 5.41) is -0.299. The van der Waals surface area contributed by atoms with E-state index >= 15 is 0 Å². The zero-order chi connectivity index (χ0) is 10.9. The predicted octanol–water partition coefficient (Wildman–Crippen LogP) is -0.0916. The zero-order valence-electron chi connectivity index (χ0n) is 7.39. The number of nitrogens with one attached hydrogen (secondary N) is 2. The lowest BCUT2D eigenvalue weighted by molar-refractivity contribution is 0.545. The molecule has 1 heterocycles. The van der Waals surface area contributed by atoms with E-state index in [4.69, 9.17) is 0 Å². The first-order chi connectivity index (χ1) is 7.13. The van der Waals surface area contributed by atoms with Crippen molar-refractivity contribution in [2.75, 3.05) is 0 Å². The molecule has 1 amide bonds. The van der Waals surface area contributed by atoms with Crippen LogP contribution in [0.1, 0.15) is 0 Å². The van der Waals surface area contributed by atoms with E-state index in [0.29, 0.717) is 11.0 Å². The Labute approximate surface area is 85.4 Å². The number of aromatic nitrogens is 2. The molecule has 7 heteroatoms. The molecule has 2 N–H and O–H groups in total. The molecule has 0 aliphatic heterocycles. The standard InChI is InChI=1S/C8H6N3O3S/c12-5-9-15(13,14)8-10-6-3-1-2-4-7(6)11-8/h1-4H,(H,9,12)(H,10,11). The van der Waals surface area contributed by atoms with Gasteiger partial charge in [-0.1, -0.05) is 12.1 Å². The first-order valence-corrected chi connectivity index (χ1v) is 5.45. The Kier molecular flexibility index (Phi) is 2.16. The summed E-state index contributed by atoms with van der Waals surface area (Å²) in [4.78, 5) is 16.4. The maximum absolute atomic E-state index is 11.3. The molecule has 0 atom stereocenters. The molecule has 6 nitrogen and oxygen atoms in total.